The lowest BCUT2D eigenvalue weighted by Crippen LogP contribution is -2.37. The lowest BCUT2D eigenvalue weighted by molar-refractivity contribution is 0.0984. The number of hydrogen-bond acceptors (Lipinski definition) is 6. The summed E-state index contributed by atoms with van der Waals surface area (Å²) < 4.78 is 29.5. The molecule has 0 bridgehead atoms. The molecule has 0 N–H and O–H groups in total. The van der Waals surface area contributed by atoms with Crippen LogP contribution in [0, 0.1) is 25.7 Å². The van der Waals surface area contributed by atoms with Gasteiger partial charge in [0, 0.05) is 24.8 Å². The van der Waals surface area contributed by atoms with Gasteiger partial charge in [0.05, 0.1) is 27.4 Å². The summed E-state index contributed by atoms with van der Waals surface area (Å²) in [5.41, 5.74) is 4.19. The van der Waals surface area contributed by atoms with Gasteiger partial charge in [0.1, 0.15) is 0 Å². The zero-order valence-electron chi connectivity index (χ0n) is 23.4. The topological polar surface area (TPSA) is 83.5 Å². The van der Waals surface area contributed by atoms with E-state index < -0.39 is 10.0 Å². The lowest BCUT2D eigenvalue weighted by atomic mass is 10.1. The third-order valence-corrected chi connectivity index (χ3v) is 9.28. The SMILES string of the molecule is Cc1cc(C)c2sc(N(Cc3ccccn3)C(=O)c3ccc(S(=O)(=O)N(CC(C)C)CC(C)C)cc3)nc2c1. The maximum atomic E-state index is 13.9. The zero-order valence-corrected chi connectivity index (χ0v) is 25.0. The molecule has 0 unspecified atom stereocenters. The summed E-state index contributed by atoms with van der Waals surface area (Å²) in [7, 11) is -3.69. The van der Waals surface area contributed by atoms with E-state index in [4.69, 9.17) is 4.98 Å². The molecule has 4 rings (SSSR count). The van der Waals surface area contributed by atoms with Crippen LogP contribution >= 0.6 is 11.3 Å². The molecule has 2 heterocycles. The highest BCUT2D eigenvalue weighted by Crippen LogP contribution is 2.33. The van der Waals surface area contributed by atoms with E-state index in [-0.39, 0.29) is 29.2 Å². The van der Waals surface area contributed by atoms with Crippen LogP contribution < -0.4 is 4.90 Å². The second-order valence-electron chi connectivity index (χ2n) is 10.8. The van der Waals surface area contributed by atoms with Crippen LogP contribution in [-0.4, -0.2) is 41.7 Å². The van der Waals surface area contributed by atoms with Gasteiger partial charge in [0.2, 0.25) is 10.0 Å². The van der Waals surface area contributed by atoms with E-state index in [1.807, 2.05) is 65.8 Å². The molecule has 0 radical (unpaired) electrons. The maximum Gasteiger partial charge on any atom is 0.260 e. The quantitative estimate of drug-likeness (QED) is 0.221. The number of carbonyl (C=O) groups is 1. The van der Waals surface area contributed by atoms with Crippen molar-refractivity contribution in [2.75, 3.05) is 18.0 Å². The molecule has 9 heteroatoms. The number of nitrogens with zero attached hydrogens (tertiary/aromatic N) is 4. The molecule has 0 fully saturated rings. The van der Waals surface area contributed by atoms with Crippen molar-refractivity contribution in [1.29, 1.82) is 0 Å². The molecule has 0 aliphatic heterocycles. The summed E-state index contributed by atoms with van der Waals surface area (Å²) in [4.78, 5) is 24.9. The third-order valence-electron chi connectivity index (χ3n) is 6.21. The Labute approximate surface area is 235 Å². The smallest absolute Gasteiger partial charge is 0.260 e. The second kappa shape index (κ2) is 11.9. The predicted octanol–water partition coefficient (Wildman–Crippen LogP) is 6.46. The van der Waals surface area contributed by atoms with Crippen molar-refractivity contribution < 1.29 is 13.2 Å². The fourth-order valence-corrected chi connectivity index (χ4v) is 7.30. The number of sulfonamides is 1. The summed E-state index contributed by atoms with van der Waals surface area (Å²) in [5, 5.41) is 0.575. The van der Waals surface area contributed by atoms with Gasteiger partial charge in [-0.25, -0.2) is 13.4 Å². The van der Waals surface area contributed by atoms with E-state index in [1.165, 1.54) is 27.8 Å². The first-order valence-corrected chi connectivity index (χ1v) is 15.4. The van der Waals surface area contributed by atoms with Crippen molar-refractivity contribution in [2.45, 2.75) is 53.0 Å². The molecule has 0 spiro atoms. The van der Waals surface area contributed by atoms with Gasteiger partial charge in [0.15, 0.2) is 5.13 Å². The average Bonchev–Trinajstić information content (AvgIpc) is 3.31. The largest absolute Gasteiger partial charge is 0.278 e. The van der Waals surface area contributed by atoms with Crippen molar-refractivity contribution >= 4 is 42.6 Å². The summed E-state index contributed by atoms with van der Waals surface area (Å²) >= 11 is 1.47. The molecule has 7 nitrogen and oxygen atoms in total. The van der Waals surface area contributed by atoms with Gasteiger partial charge in [-0.05, 0) is 79.3 Å². The molecule has 39 heavy (non-hydrogen) atoms. The molecule has 0 aliphatic carbocycles. The molecular weight excluding hydrogens is 528 g/mol. The maximum absolute atomic E-state index is 13.9. The monoisotopic (exact) mass is 564 g/mol. The highest BCUT2D eigenvalue weighted by Gasteiger charge is 2.27. The fourth-order valence-electron chi connectivity index (χ4n) is 4.52. The van der Waals surface area contributed by atoms with E-state index in [1.54, 1.807) is 23.2 Å². The third kappa shape index (κ3) is 6.72. The van der Waals surface area contributed by atoms with Crippen LogP contribution in [0.4, 0.5) is 5.13 Å². The van der Waals surface area contributed by atoms with Crippen molar-refractivity contribution in [3.63, 3.8) is 0 Å². The highest BCUT2D eigenvalue weighted by atomic mass is 32.2. The second-order valence-corrected chi connectivity index (χ2v) is 13.7. The minimum absolute atomic E-state index is 0.183. The molecule has 4 aromatic rings. The molecule has 0 atom stereocenters. The predicted molar refractivity (Wildman–Crippen MR) is 159 cm³/mol. The standard InChI is InChI=1S/C30H36N4O3S2/c1-20(2)17-33(18-21(3)4)39(36,37)26-12-10-24(11-13-26)29(35)34(19-25-9-7-8-14-31-25)30-32-27-16-22(5)15-23(6)28(27)38-30/h7-16,20-21H,17-19H2,1-6H3. The number of aromatic nitrogens is 2. The number of aryl methyl sites for hydroxylation is 2. The zero-order chi connectivity index (χ0) is 28.3. The van der Waals surface area contributed by atoms with Crippen molar-refractivity contribution in [1.82, 2.24) is 14.3 Å². The normalized spacial score (nSPS) is 12.1. The van der Waals surface area contributed by atoms with Gasteiger partial charge in [-0.1, -0.05) is 51.2 Å². The van der Waals surface area contributed by atoms with Gasteiger partial charge >= 0.3 is 0 Å². The Morgan fingerprint density at radius 3 is 2.21 bits per heavy atom. The molecule has 206 valence electrons. The summed E-state index contributed by atoms with van der Waals surface area (Å²) in [6.07, 6.45) is 1.70. The van der Waals surface area contributed by atoms with Gasteiger partial charge in [-0.2, -0.15) is 4.31 Å². The highest BCUT2D eigenvalue weighted by molar-refractivity contribution is 7.89. The van der Waals surface area contributed by atoms with Crippen LogP contribution in [0.3, 0.4) is 0 Å². The summed E-state index contributed by atoms with van der Waals surface area (Å²) in [6.45, 7) is 13.2. The van der Waals surface area contributed by atoms with E-state index >= 15 is 0 Å². The Morgan fingerprint density at radius 1 is 0.949 bits per heavy atom. The molecular formula is C30H36N4O3S2. The first kappa shape index (κ1) is 28.9. The van der Waals surface area contributed by atoms with Crippen molar-refractivity contribution in [3.05, 3.63) is 83.2 Å². The first-order valence-electron chi connectivity index (χ1n) is 13.2. The summed E-state index contributed by atoms with van der Waals surface area (Å²) in [6, 6.07) is 16.0. The lowest BCUT2D eigenvalue weighted by Gasteiger charge is -2.26. The van der Waals surface area contributed by atoms with Gasteiger partial charge in [-0.15, -0.1) is 0 Å². The molecule has 0 aliphatic rings. The first-order chi connectivity index (χ1) is 18.5. The van der Waals surface area contributed by atoms with E-state index in [9.17, 15) is 13.2 Å². The minimum Gasteiger partial charge on any atom is -0.278 e. The van der Waals surface area contributed by atoms with Crippen LogP contribution in [-0.2, 0) is 16.6 Å². The molecule has 0 saturated heterocycles. The molecule has 1 amide bonds. The number of anilines is 1. The Bertz CT molecular complexity index is 1540. The number of amides is 1. The van der Waals surface area contributed by atoms with Gasteiger partial charge in [-0.3, -0.25) is 14.7 Å². The Kier molecular flexibility index (Phi) is 8.83. The number of benzene rings is 2. The Morgan fingerprint density at radius 2 is 1.62 bits per heavy atom. The Balaban J connectivity index is 1.69. The Hall–Kier alpha value is -3.14. The number of hydrogen-bond donors (Lipinski definition) is 0. The molecule has 2 aromatic carbocycles. The van der Waals surface area contributed by atoms with E-state index in [0.29, 0.717) is 23.8 Å². The summed E-state index contributed by atoms with van der Waals surface area (Å²) in [5.74, 6) is 0.126. The fraction of sp³-hybridized carbons (Fsp3) is 0.367. The number of pyridine rings is 1. The van der Waals surface area contributed by atoms with Gasteiger partial charge in [0.25, 0.3) is 5.91 Å². The van der Waals surface area contributed by atoms with Crippen LogP contribution in [0.2, 0.25) is 0 Å². The van der Waals surface area contributed by atoms with E-state index in [2.05, 4.69) is 11.1 Å². The number of carbonyl (C=O) groups excluding carboxylic acids is 1. The van der Waals surface area contributed by atoms with Crippen molar-refractivity contribution in [2.24, 2.45) is 11.8 Å². The minimum atomic E-state index is -3.69. The molecule has 0 saturated carbocycles. The number of fused-ring (bicyclic) bond motifs is 1. The number of thiazole rings is 1. The van der Waals surface area contributed by atoms with Crippen LogP contribution in [0.15, 0.2) is 65.7 Å². The van der Waals surface area contributed by atoms with Gasteiger partial charge < -0.3 is 0 Å². The van der Waals surface area contributed by atoms with Crippen molar-refractivity contribution in [3.8, 4) is 0 Å². The van der Waals surface area contributed by atoms with Crippen LogP contribution in [0.25, 0.3) is 10.2 Å². The average molecular weight is 565 g/mol. The number of rotatable bonds is 10. The van der Waals surface area contributed by atoms with Crippen LogP contribution in [0.1, 0.15) is 54.9 Å². The molecule has 2 aromatic heterocycles. The van der Waals surface area contributed by atoms with E-state index in [0.717, 1.165) is 27.0 Å². The van der Waals surface area contributed by atoms with Crippen LogP contribution in [0.5, 0.6) is 0 Å².